The molecule has 5 rings (SSSR count). The summed E-state index contributed by atoms with van der Waals surface area (Å²) in [5.41, 5.74) is 5.37. The Morgan fingerprint density at radius 3 is 2.41 bits per heavy atom. The first kappa shape index (κ1) is 20.7. The normalized spacial score (nSPS) is 16.4. The first-order chi connectivity index (χ1) is 15.4. The van der Waals surface area contributed by atoms with Crippen molar-refractivity contribution < 1.29 is 8.42 Å². The Balaban J connectivity index is 1.66. The molecule has 32 heavy (non-hydrogen) atoms. The zero-order valence-corrected chi connectivity index (χ0v) is 19.3. The number of hydrogen-bond donors (Lipinski definition) is 0. The number of hydrogen-bond acceptors (Lipinski definition) is 5. The van der Waals surface area contributed by atoms with Crippen LogP contribution in [0.4, 0.5) is 0 Å². The molecule has 162 valence electrons. The summed E-state index contributed by atoms with van der Waals surface area (Å²) in [4.78, 5) is 0.980. The topological polar surface area (TPSA) is 67.6 Å². The van der Waals surface area contributed by atoms with E-state index < -0.39 is 16.1 Å². The van der Waals surface area contributed by atoms with Crippen molar-refractivity contribution in [2.75, 3.05) is 6.26 Å². The van der Waals surface area contributed by atoms with Crippen LogP contribution in [0.1, 0.15) is 28.5 Å². The summed E-state index contributed by atoms with van der Waals surface area (Å²) in [6, 6.07) is 21.4. The third kappa shape index (κ3) is 3.87. The first-order valence-corrected chi connectivity index (χ1v) is 13.0. The van der Waals surface area contributed by atoms with Crippen LogP contribution in [0.15, 0.2) is 83.4 Å². The summed E-state index contributed by atoms with van der Waals surface area (Å²) >= 11 is 1.56. The fraction of sp³-hybridized carbons (Fsp3) is 0.167. The largest absolute Gasteiger partial charge is 0.247 e. The van der Waals surface area contributed by atoms with Gasteiger partial charge in [-0.1, -0.05) is 54.1 Å². The fourth-order valence-corrected chi connectivity index (χ4v) is 5.52. The van der Waals surface area contributed by atoms with Gasteiger partial charge in [0.1, 0.15) is 0 Å². The average molecular weight is 463 g/mol. The van der Waals surface area contributed by atoms with E-state index in [1.807, 2.05) is 89.9 Å². The summed E-state index contributed by atoms with van der Waals surface area (Å²) in [6.07, 6.45) is 3.63. The summed E-state index contributed by atoms with van der Waals surface area (Å²) in [6.45, 7) is 2.04. The van der Waals surface area contributed by atoms with E-state index in [0.717, 1.165) is 38.7 Å². The van der Waals surface area contributed by atoms with E-state index in [9.17, 15) is 8.42 Å². The number of para-hydroxylation sites is 1. The smallest absolute Gasteiger partial charge is 0.240 e. The van der Waals surface area contributed by atoms with Gasteiger partial charge in [-0.05, 0) is 30.5 Å². The lowest BCUT2D eigenvalue weighted by atomic mass is 9.98. The molecule has 1 aliphatic rings. The predicted octanol–water partition coefficient (Wildman–Crippen LogP) is 5.02. The number of thiophene rings is 1. The molecule has 0 spiro atoms. The molecule has 8 heteroatoms. The molecule has 1 unspecified atom stereocenters. The van der Waals surface area contributed by atoms with Crippen molar-refractivity contribution in [3.63, 3.8) is 0 Å². The number of nitrogens with zero attached hydrogens (tertiary/aromatic N) is 4. The van der Waals surface area contributed by atoms with Gasteiger partial charge in [-0.25, -0.2) is 13.1 Å². The van der Waals surface area contributed by atoms with Gasteiger partial charge in [0, 0.05) is 23.7 Å². The van der Waals surface area contributed by atoms with Crippen molar-refractivity contribution in [2.24, 2.45) is 5.10 Å². The fourth-order valence-electron chi connectivity index (χ4n) is 3.90. The highest BCUT2D eigenvalue weighted by molar-refractivity contribution is 7.88. The Bertz CT molecular complexity index is 1370. The number of hydrazone groups is 1. The second kappa shape index (κ2) is 8.03. The molecule has 0 amide bonds. The van der Waals surface area contributed by atoms with Gasteiger partial charge < -0.3 is 0 Å². The van der Waals surface area contributed by atoms with E-state index in [0.29, 0.717) is 6.42 Å². The van der Waals surface area contributed by atoms with Crippen LogP contribution < -0.4 is 0 Å². The second-order valence-electron chi connectivity index (χ2n) is 7.86. The van der Waals surface area contributed by atoms with Crippen molar-refractivity contribution in [3.05, 3.63) is 94.3 Å². The molecule has 2 aromatic heterocycles. The molecule has 2 aromatic carbocycles. The molecule has 0 saturated carbocycles. The third-order valence-electron chi connectivity index (χ3n) is 5.47. The van der Waals surface area contributed by atoms with Gasteiger partial charge in [0.05, 0.1) is 34.3 Å². The van der Waals surface area contributed by atoms with Gasteiger partial charge in [-0.15, -0.1) is 11.3 Å². The highest BCUT2D eigenvalue weighted by Gasteiger charge is 2.37. The van der Waals surface area contributed by atoms with Crippen LogP contribution in [0.25, 0.3) is 16.9 Å². The van der Waals surface area contributed by atoms with Crippen LogP contribution in [0.2, 0.25) is 0 Å². The van der Waals surface area contributed by atoms with Gasteiger partial charge in [0.25, 0.3) is 0 Å². The Morgan fingerprint density at radius 2 is 1.75 bits per heavy atom. The maximum Gasteiger partial charge on any atom is 0.247 e. The van der Waals surface area contributed by atoms with Gasteiger partial charge >= 0.3 is 0 Å². The van der Waals surface area contributed by atoms with Crippen LogP contribution in [0, 0.1) is 6.92 Å². The number of rotatable bonds is 5. The summed E-state index contributed by atoms with van der Waals surface area (Å²) in [5, 5.41) is 11.4. The van der Waals surface area contributed by atoms with Crippen LogP contribution >= 0.6 is 11.3 Å². The van der Waals surface area contributed by atoms with E-state index in [4.69, 9.17) is 5.10 Å². The van der Waals surface area contributed by atoms with E-state index in [1.54, 1.807) is 11.3 Å². The number of sulfonamides is 1. The highest BCUT2D eigenvalue weighted by Crippen LogP contribution is 2.40. The predicted molar refractivity (Wildman–Crippen MR) is 129 cm³/mol. The van der Waals surface area contributed by atoms with E-state index >= 15 is 0 Å². The SMILES string of the molecule is Cc1ccc(-c2nn(-c3ccccc3)cc2C2CC(c3cccs3)=NN2S(C)(=O)=O)cc1. The summed E-state index contributed by atoms with van der Waals surface area (Å²) in [5.74, 6) is 0. The minimum absolute atomic E-state index is 0.462. The quantitative estimate of drug-likeness (QED) is 0.418. The van der Waals surface area contributed by atoms with Gasteiger partial charge in [0.2, 0.25) is 10.0 Å². The minimum atomic E-state index is -3.57. The maximum atomic E-state index is 12.7. The molecule has 0 bridgehead atoms. The molecule has 0 N–H and O–H groups in total. The zero-order chi connectivity index (χ0) is 22.3. The van der Waals surface area contributed by atoms with Crippen LogP contribution in [0.3, 0.4) is 0 Å². The molecule has 0 aliphatic carbocycles. The Labute approximate surface area is 191 Å². The molecule has 0 fully saturated rings. The lowest BCUT2D eigenvalue weighted by Gasteiger charge is -2.21. The molecular formula is C24H22N4O2S2. The Kier molecular flexibility index (Phi) is 5.19. The minimum Gasteiger partial charge on any atom is -0.240 e. The molecular weight excluding hydrogens is 440 g/mol. The second-order valence-corrected chi connectivity index (χ2v) is 10.6. The highest BCUT2D eigenvalue weighted by atomic mass is 32.2. The van der Waals surface area contributed by atoms with Gasteiger partial charge in [0.15, 0.2) is 0 Å². The zero-order valence-electron chi connectivity index (χ0n) is 17.7. The van der Waals surface area contributed by atoms with Crippen molar-refractivity contribution in [3.8, 4) is 16.9 Å². The molecule has 0 saturated heterocycles. The molecule has 0 radical (unpaired) electrons. The van der Waals surface area contributed by atoms with Crippen molar-refractivity contribution >= 4 is 27.1 Å². The van der Waals surface area contributed by atoms with Crippen LogP contribution in [0.5, 0.6) is 0 Å². The first-order valence-electron chi connectivity index (χ1n) is 10.2. The maximum absolute atomic E-state index is 12.7. The summed E-state index contributed by atoms with van der Waals surface area (Å²) < 4.78 is 28.4. The lowest BCUT2D eigenvalue weighted by Crippen LogP contribution is -2.26. The molecule has 6 nitrogen and oxygen atoms in total. The molecule has 1 aliphatic heterocycles. The monoisotopic (exact) mass is 462 g/mol. The average Bonchev–Trinajstić information content (AvgIpc) is 3.52. The van der Waals surface area contributed by atoms with Crippen molar-refractivity contribution in [2.45, 2.75) is 19.4 Å². The summed E-state index contributed by atoms with van der Waals surface area (Å²) in [7, 11) is -3.57. The van der Waals surface area contributed by atoms with Gasteiger partial charge in [-0.2, -0.15) is 14.6 Å². The van der Waals surface area contributed by atoms with Crippen LogP contribution in [-0.2, 0) is 10.0 Å². The molecule has 3 heterocycles. The Morgan fingerprint density at radius 1 is 1.00 bits per heavy atom. The van der Waals surface area contributed by atoms with Crippen LogP contribution in [-0.4, -0.2) is 34.6 Å². The number of benzene rings is 2. The number of aryl methyl sites for hydroxylation is 1. The van der Waals surface area contributed by atoms with E-state index in [1.165, 1.54) is 10.7 Å². The Hall–Kier alpha value is -3.23. The molecule has 1 atom stereocenters. The van der Waals surface area contributed by atoms with E-state index in [2.05, 4.69) is 5.10 Å². The van der Waals surface area contributed by atoms with Crippen molar-refractivity contribution in [1.29, 1.82) is 0 Å². The van der Waals surface area contributed by atoms with Crippen molar-refractivity contribution in [1.82, 2.24) is 14.2 Å². The standard InChI is InChI=1S/C24H22N4O2S2/c1-17-10-12-18(13-11-17)24-20(16-27(26-24)19-7-4-3-5-8-19)22-15-21(23-9-6-14-31-23)25-28(22)32(2,29)30/h3-14,16,22H,15H2,1-2H3. The lowest BCUT2D eigenvalue weighted by molar-refractivity contribution is 0.375. The van der Waals surface area contributed by atoms with E-state index in [-0.39, 0.29) is 0 Å². The third-order valence-corrected chi connectivity index (χ3v) is 7.40. The number of aromatic nitrogens is 2. The molecule has 4 aromatic rings. The van der Waals surface area contributed by atoms with Gasteiger partial charge in [-0.3, -0.25) is 0 Å².